The minimum atomic E-state index is 0.169. The largest absolute Gasteiger partial charge is 0.508 e. The number of aryl methyl sites for hydroxylation is 2. The summed E-state index contributed by atoms with van der Waals surface area (Å²) in [6.45, 7) is 6.18. The lowest BCUT2D eigenvalue weighted by Gasteiger charge is -2.21. The predicted molar refractivity (Wildman–Crippen MR) is 133 cm³/mol. The number of phenolic OH excluding ortho intramolecular Hbond substituents is 2. The molecule has 31 heavy (non-hydrogen) atoms. The molecule has 0 amide bonds. The summed E-state index contributed by atoms with van der Waals surface area (Å²) in [5.74, 6) is 0.917. The summed E-state index contributed by atoms with van der Waals surface area (Å²) in [5, 5.41) is 20.6. The molecule has 0 radical (unpaired) electrons. The summed E-state index contributed by atoms with van der Waals surface area (Å²) in [5.41, 5.74) is 4.00. The third-order valence-corrected chi connectivity index (χ3v) is 6.61. The number of aromatic hydroxyl groups is 2. The first-order valence-corrected chi connectivity index (χ1v) is 12.6. The van der Waals surface area contributed by atoms with Crippen molar-refractivity contribution in [2.45, 2.75) is 110 Å². The Labute approximate surface area is 190 Å². The van der Waals surface area contributed by atoms with Gasteiger partial charge in [-0.05, 0) is 43.0 Å². The molecular formula is C29H44O2. The van der Waals surface area contributed by atoms with Gasteiger partial charge >= 0.3 is 0 Å². The standard InChI is InChI=1S/C29H44O2/c1-4-5-6-7-8-9-10-11-12-13-14-15-18-26(25-20-21-28(30)24(3)22-25)27-19-16-17-23(2)29(27)31/h16-17,19-22,26,30-31H,4-15,18H2,1-3H3. The van der Waals surface area contributed by atoms with Crippen molar-refractivity contribution in [3.05, 3.63) is 58.7 Å². The van der Waals surface area contributed by atoms with Crippen molar-refractivity contribution in [1.29, 1.82) is 0 Å². The summed E-state index contributed by atoms with van der Waals surface area (Å²) < 4.78 is 0. The van der Waals surface area contributed by atoms with E-state index >= 15 is 0 Å². The molecule has 2 heteroatoms. The van der Waals surface area contributed by atoms with E-state index in [9.17, 15) is 10.2 Å². The SMILES string of the molecule is CCCCCCCCCCCCCCC(c1ccc(O)c(C)c1)c1cccc(C)c1O. The third kappa shape index (κ3) is 8.59. The van der Waals surface area contributed by atoms with E-state index in [0.29, 0.717) is 11.5 Å². The smallest absolute Gasteiger partial charge is 0.122 e. The molecule has 1 atom stereocenters. The van der Waals surface area contributed by atoms with Crippen LogP contribution in [0, 0.1) is 13.8 Å². The second-order valence-electron chi connectivity index (χ2n) is 9.29. The number of unbranched alkanes of at least 4 members (excludes halogenated alkanes) is 11. The highest BCUT2D eigenvalue weighted by atomic mass is 16.3. The highest BCUT2D eigenvalue weighted by molar-refractivity contribution is 5.47. The lowest BCUT2D eigenvalue weighted by Crippen LogP contribution is -2.03. The molecule has 0 heterocycles. The molecule has 0 fully saturated rings. The zero-order valence-electron chi connectivity index (χ0n) is 20.1. The van der Waals surface area contributed by atoms with Gasteiger partial charge in [-0.25, -0.2) is 0 Å². The molecule has 2 aromatic carbocycles. The van der Waals surface area contributed by atoms with E-state index < -0.39 is 0 Å². The second-order valence-corrected chi connectivity index (χ2v) is 9.29. The van der Waals surface area contributed by atoms with Crippen LogP contribution in [0.4, 0.5) is 0 Å². The Morgan fingerprint density at radius 1 is 0.677 bits per heavy atom. The van der Waals surface area contributed by atoms with Crippen molar-refractivity contribution in [2.24, 2.45) is 0 Å². The third-order valence-electron chi connectivity index (χ3n) is 6.61. The molecule has 0 spiro atoms. The van der Waals surface area contributed by atoms with Crippen LogP contribution in [-0.4, -0.2) is 10.2 Å². The average Bonchev–Trinajstić information content (AvgIpc) is 2.76. The van der Waals surface area contributed by atoms with E-state index in [1.54, 1.807) is 6.07 Å². The van der Waals surface area contributed by atoms with Gasteiger partial charge in [-0.3, -0.25) is 0 Å². The van der Waals surface area contributed by atoms with Crippen molar-refractivity contribution >= 4 is 0 Å². The first-order valence-electron chi connectivity index (χ1n) is 12.6. The maximum Gasteiger partial charge on any atom is 0.122 e. The molecule has 0 aromatic heterocycles. The predicted octanol–water partition coefficient (Wildman–Crippen LogP) is 8.94. The van der Waals surface area contributed by atoms with E-state index in [-0.39, 0.29) is 5.92 Å². The molecule has 172 valence electrons. The van der Waals surface area contributed by atoms with Crippen LogP contribution in [0.5, 0.6) is 11.5 Å². The Bertz CT molecular complexity index is 765. The second kappa shape index (κ2) is 14.2. The Morgan fingerprint density at radius 2 is 1.26 bits per heavy atom. The van der Waals surface area contributed by atoms with Gasteiger partial charge in [-0.2, -0.15) is 0 Å². The van der Waals surface area contributed by atoms with Gasteiger partial charge in [0.1, 0.15) is 11.5 Å². The van der Waals surface area contributed by atoms with Gasteiger partial charge in [0.2, 0.25) is 0 Å². The fourth-order valence-electron chi connectivity index (χ4n) is 4.55. The number of phenols is 2. The van der Waals surface area contributed by atoms with Crippen LogP contribution in [0.3, 0.4) is 0 Å². The molecule has 0 bridgehead atoms. The fourth-order valence-corrected chi connectivity index (χ4v) is 4.55. The maximum absolute atomic E-state index is 10.7. The Kier molecular flexibility index (Phi) is 11.6. The van der Waals surface area contributed by atoms with Crippen molar-refractivity contribution < 1.29 is 10.2 Å². The minimum absolute atomic E-state index is 0.169. The van der Waals surface area contributed by atoms with Crippen LogP contribution >= 0.6 is 0 Å². The van der Waals surface area contributed by atoms with Crippen LogP contribution in [0.1, 0.15) is 119 Å². The van der Waals surface area contributed by atoms with Crippen LogP contribution in [0.15, 0.2) is 36.4 Å². The number of rotatable bonds is 15. The van der Waals surface area contributed by atoms with Crippen molar-refractivity contribution in [1.82, 2.24) is 0 Å². The topological polar surface area (TPSA) is 40.5 Å². The van der Waals surface area contributed by atoms with E-state index in [4.69, 9.17) is 0 Å². The zero-order chi connectivity index (χ0) is 22.5. The summed E-state index contributed by atoms with van der Waals surface area (Å²) in [6, 6.07) is 11.9. The summed E-state index contributed by atoms with van der Waals surface area (Å²) in [6.07, 6.45) is 17.2. The lowest BCUT2D eigenvalue weighted by molar-refractivity contribution is 0.455. The van der Waals surface area contributed by atoms with Crippen molar-refractivity contribution in [3.8, 4) is 11.5 Å². The van der Waals surface area contributed by atoms with Crippen LogP contribution in [0.25, 0.3) is 0 Å². The summed E-state index contributed by atoms with van der Waals surface area (Å²) in [4.78, 5) is 0. The van der Waals surface area contributed by atoms with Gasteiger partial charge in [-0.15, -0.1) is 0 Å². The summed E-state index contributed by atoms with van der Waals surface area (Å²) >= 11 is 0. The van der Waals surface area contributed by atoms with Crippen molar-refractivity contribution in [3.63, 3.8) is 0 Å². The molecule has 0 aliphatic carbocycles. The van der Waals surface area contributed by atoms with Crippen LogP contribution < -0.4 is 0 Å². The molecule has 2 nitrogen and oxygen atoms in total. The van der Waals surface area contributed by atoms with Gasteiger partial charge < -0.3 is 10.2 Å². The molecule has 2 rings (SSSR count). The first kappa shape index (κ1) is 25.3. The molecule has 1 unspecified atom stereocenters. The molecule has 0 aliphatic rings. The molecule has 0 saturated carbocycles. The first-order chi connectivity index (χ1) is 15.0. The highest BCUT2D eigenvalue weighted by Crippen LogP contribution is 2.38. The van der Waals surface area contributed by atoms with E-state index in [1.807, 2.05) is 32.0 Å². The van der Waals surface area contributed by atoms with E-state index in [0.717, 1.165) is 29.5 Å². The molecule has 2 N–H and O–H groups in total. The van der Waals surface area contributed by atoms with Crippen LogP contribution in [-0.2, 0) is 0 Å². The Morgan fingerprint density at radius 3 is 1.84 bits per heavy atom. The Balaban J connectivity index is 1.81. The van der Waals surface area contributed by atoms with E-state index in [2.05, 4.69) is 19.1 Å². The summed E-state index contributed by atoms with van der Waals surface area (Å²) in [7, 11) is 0. The lowest BCUT2D eigenvalue weighted by atomic mass is 9.84. The quantitative estimate of drug-likeness (QED) is 0.280. The molecule has 0 aliphatic heterocycles. The maximum atomic E-state index is 10.7. The number of benzene rings is 2. The number of hydrogen-bond donors (Lipinski definition) is 2. The molecule has 2 aromatic rings. The van der Waals surface area contributed by atoms with Gasteiger partial charge in [0, 0.05) is 11.5 Å². The van der Waals surface area contributed by atoms with Gasteiger partial charge in [0.25, 0.3) is 0 Å². The minimum Gasteiger partial charge on any atom is -0.508 e. The van der Waals surface area contributed by atoms with Gasteiger partial charge in [-0.1, -0.05) is 114 Å². The van der Waals surface area contributed by atoms with E-state index in [1.165, 1.54) is 76.2 Å². The Hall–Kier alpha value is -1.96. The average molecular weight is 425 g/mol. The van der Waals surface area contributed by atoms with Gasteiger partial charge in [0.05, 0.1) is 0 Å². The fraction of sp³-hybridized carbons (Fsp3) is 0.586. The van der Waals surface area contributed by atoms with Crippen molar-refractivity contribution in [2.75, 3.05) is 0 Å². The molecule has 0 saturated heterocycles. The normalized spacial score (nSPS) is 12.2. The van der Waals surface area contributed by atoms with Crippen LogP contribution in [0.2, 0.25) is 0 Å². The zero-order valence-corrected chi connectivity index (χ0v) is 20.1. The monoisotopic (exact) mass is 424 g/mol. The van der Waals surface area contributed by atoms with Gasteiger partial charge in [0.15, 0.2) is 0 Å². The number of para-hydroxylation sites is 1. The molecular weight excluding hydrogens is 380 g/mol. The highest BCUT2D eigenvalue weighted by Gasteiger charge is 2.19. The number of hydrogen-bond acceptors (Lipinski definition) is 2.